The van der Waals surface area contributed by atoms with Gasteiger partial charge in [0.15, 0.2) is 0 Å². The average molecular weight is 229 g/mol. The SMILES string of the molecule is CCCC1CC1(N)C1CCc2ccccc2C1. The van der Waals surface area contributed by atoms with Crippen LogP contribution in [0.15, 0.2) is 24.3 Å². The molecule has 2 N–H and O–H groups in total. The van der Waals surface area contributed by atoms with Crippen molar-refractivity contribution in [3.8, 4) is 0 Å². The number of nitrogens with two attached hydrogens (primary N) is 1. The number of hydrogen-bond acceptors (Lipinski definition) is 1. The third-order valence-electron chi connectivity index (χ3n) is 4.94. The molecule has 3 unspecified atom stereocenters. The number of rotatable bonds is 3. The van der Waals surface area contributed by atoms with Gasteiger partial charge in [0.25, 0.3) is 0 Å². The lowest BCUT2D eigenvalue weighted by molar-refractivity contribution is 0.331. The Balaban J connectivity index is 1.73. The molecular formula is C16H23N. The van der Waals surface area contributed by atoms with E-state index in [2.05, 4.69) is 31.2 Å². The van der Waals surface area contributed by atoms with Gasteiger partial charge in [0, 0.05) is 5.54 Å². The van der Waals surface area contributed by atoms with Gasteiger partial charge in [0.1, 0.15) is 0 Å². The first-order chi connectivity index (χ1) is 8.24. The van der Waals surface area contributed by atoms with Crippen molar-refractivity contribution in [3.05, 3.63) is 35.4 Å². The summed E-state index contributed by atoms with van der Waals surface area (Å²) in [5.41, 5.74) is 9.90. The molecule has 0 saturated heterocycles. The maximum absolute atomic E-state index is 6.61. The molecule has 2 aliphatic rings. The minimum Gasteiger partial charge on any atom is -0.325 e. The van der Waals surface area contributed by atoms with E-state index in [-0.39, 0.29) is 5.54 Å². The second-order valence-electron chi connectivity index (χ2n) is 6.01. The van der Waals surface area contributed by atoms with Gasteiger partial charge >= 0.3 is 0 Å². The molecule has 0 radical (unpaired) electrons. The Morgan fingerprint density at radius 1 is 1.29 bits per heavy atom. The van der Waals surface area contributed by atoms with Gasteiger partial charge in [-0.25, -0.2) is 0 Å². The Labute approximate surface area is 104 Å². The van der Waals surface area contributed by atoms with Gasteiger partial charge in [0.05, 0.1) is 0 Å². The largest absolute Gasteiger partial charge is 0.325 e. The van der Waals surface area contributed by atoms with Gasteiger partial charge in [-0.1, -0.05) is 37.6 Å². The van der Waals surface area contributed by atoms with Gasteiger partial charge < -0.3 is 5.73 Å². The highest BCUT2D eigenvalue weighted by molar-refractivity contribution is 5.31. The number of fused-ring (bicyclic) bond motifs is 1. The van der Waals surface area contributed by atoms with Crippen molar-refractivity contribution in [2.75, 3.05) is 0 Å². The van der Waals surface area contributed by atoms with Gasteiger partial charge in [-0.2, -0.15) is 0 Å². The molecule has 1 saturated carbocycles. The molecule has 0 spiro atoms. The molecule has 0 heterocycles. The minimum atomic E-state index is 0.184. The van der Waals surface area contributed by atoms with Crippen molar-refractivity contribution in [3.63, 3.8) is 0 Å². The number of hydrogen-bond donors (Lipinski definition) is 1. The summed E-state index contributed by atoms with van der Waals surface area (Å²) in [7, 11) is 0. The topological polar surface area (TPSA) is 26.0 Å². The van der Waals surface area contributed by atoms with Crippen LogP contribution in [0.3, 0.4) is 0 Å². The smallest absolute Gasteiger partial charge is 0.0218 e. The highest BCUT2D eigenvalue weighted by Crippen LogP contribution is 2.52. The summed E-state index contributed by atoms with van der Waals surface area (Å²) < 4.78 is 0. The lowest BCUT2D eigenvalue weighted by atomic mass is 9.78. The standard InChI is InChI=1S/C16H23N/c1-2-5-15-11-16(15,17)14-9-8-12-6-3-4-7-13(12)10-14/h3-4,6-7,14-15H,2,5,8-11,17H2,1H3. The molecule has 0 amide bonds. The normalized spacial score (nSPS) is 35.4. The molecule has 92 valence electrons. The molecule has 1 nitrogen and oxygen atoms in total. The number of benzene rings is 1. The molecule has 0 aliphatic heterocycles. The summed E-state index contributed by atoms with van der Waals surface area (Å²) in [6.07, 6.45) is 7.63. The molecule has 1 aromatic rings. The second kappa shape index (κ2) is 4.13. The zero-order valence-corrected chi connectivity index (χ0v) is 10.8. The molecule has 0 aromatic heterocycles. The Bertz CT molecular complexity index is 412. The second-order valence-corrected chi connectivity index (χ2v) is 6.01. The maximum atomic E-state index is 6.61. The van der Waals surface area contributed by atoms with Crippen LogP contribution < -0.4 is 5.73 Å². The predicted molar refractivity (Wildman–Crippen MR) is 71.9 cm³/mol. The summed E-state index contributed by atoms with van der Waals surface area (Å²) >= 11 is 0. The van der Waals surface area contributed by atoms with E-state index in [1.54, 1.807) is 11.1 Å². The Kier molecular flexibility index (Phi) is 2.74. The fourth-order valence-corrected chi connectivity index (χ4v) is 3.74. The highest BCUT2D eigenvalue weighted by atomic mass is 14.9. The first-order valence-electron chi connectivity index (χ1n) is 7.09. The fourth-order valence-electron chi connectivity index (χ4n) is 3.74. The third-order valence-corrected chi connectivity index (χ3v) is 4.94. The Morgan fingerprint density at radius 3 is 2.82 bits per heavy atom. The van der Waals surface area contributed by atoms with Crippen LogP contribution in [0.5, 0.6) is 0 Å². The van der Waals surface area contributed by atoms with E-state index in [0.717, 1.165) is 11.8 Å². The van der Waals surface area contributed by atoms with E-state index in [9.17, 15) is 0 Å². The highest BCUT2D eigenvalue weighted by Gasteiger charge is 2.55. The van der Waals surface area contributed by atoms with Crippen molar-refractivity contribution >= 4 is 0 Å². The lowest BCUT2D eigenvalue weighted by Crippen LogP contribution is -2.38. The maximum Gasteiger partial charge on any atom is 0.0218 e. The molecule has 3 atom stereocenters. The van der Waals surface area contributed by atoms with Crippen molar-refractivity contribution in [2.45, 2.75) is 51.0 Å². The van der Waals surface area contributed by atoms with E-state index in [1.807, 2.05) is 0 Å². The van der Waals surface area contributed by atoms with Crippen LogP contribution in [-0.2, 0) is 12.8 Å². The minimum absolute atomic E-state index is 0.184. The molecule has 2 aliphatic carbocycles. The molecule has 1 aromatic carbocycles. The van der Waals surface area contributed by atoms with Crippen LogP contribution in [0.2, 0.25) is 0 Å². The van der Waals surface area contributed by atoms with E-state index in [0.29, 0.717) is 0 Å². The lowest BCUT2D eigenvalue weighted by Gasteiger charge is -2.30. The van der Waals surface area contributed by atoms with Gasteiger partial charge in [0.2, 0.25) is 0 Å². The summed E-state index contributed by atoms with van der Waals surface area (Å²) in [6.45, 7) is 2.27. The predicted octanol–water partition coefficient (Wildman–Crippen LogP) is 3.31. The van der Waals surface area contributed by atoms with Crippen LogP contribution >= 0.6 is 0 Å². The van der Waals surface area contributed by atoms with E-state index in [1.165, 1.54) is 38.5 Å². The quantitative estimate of drug-likeness (QED) is 0.845. The summed E-state index contributed by atoms with van der Waals surface area (Å²) in [5.74, 6) is 1.54. The molecule has 1 heteroatoms. The number of aryl methyl sites for hydroxylation is 1. The van der Waals surface area contributed by atoms with Crippen LogP contribution in [0.1, 0.15) is 43.7 Å². The van der Waals surface area contributed by atoms with Gasteiger partial charge in [-0.15, -0.1) is 0 Å². The van der Waals surface area contributed by atoms with Crippen molar-refractivity contribution in [1.29, 1.82) is 0 Å². The van der Waals surface area contributed by atoms with Crippen LogP contribution in [0, 0.1) is 11.8 Å². The van der Waals surface area contributed by atoms with Crippen LogP contribution in [-0.4, -0.2) is 5.54 Å². The summed E-state index contributed by atoms with van der Waals surface area (Å²) in [5, 5.41) is 0. The Hall–Kier alpha value is -0.820. The van der Waals surface area contributed by atoms with Crippen LogP contribution in [0.25, 0.3) is 0 Å². The van der Waals surface area contributed by atoms with Crippen molar-refractivity contribution in [1.82, 2.24) is 0 Å². The Morgan fingerprint density at radius 2 is 2.06 bits per heavy atom. The zero-order valence-electron chi connectivity index (χ0n) is 10.8. The molecule has 3 rings (SSSR count). The third kappa shape index (κ3) is 1.91. The molecule has 1 fully saturated rings. The first kappa shape index (κ1) is 11.3. The van der Waals surface area contributed by atoms with Crippen molar-refractivity contribution in [2.24, 2.45) is 17.6 Å². The fraction of sp³-hybridized carbons (Fsp3) is 0.625. The summed E-state index contributed by atoms with van der Waals surface area (Å²) in [4.78, 5) is 0. The van der Waals surface area contributed by atoms with Gasteiger partial charge in [-0.3, -0.25) is 0 Å². The molecular weight excluding hydrogens is 206 g/mol. The van der Waals surface area contributed by atoms with Crippen LogP contribution in [0.4, 0.5) is 0 Å². The van der Waals surface area contributed by atoms with E-state index >= 15 is 0 Å². The first-order valence-corrected chi connectivity index (χ1v) is 7.09. The average Bonchev–Trinajstić information content (AvgIpc) is 3.01. The molecule has 0 bridgehead atoms. The molecule has 17 heavy (non-hydrogen) atoms. The van der Waals surface area contributed by atoms with Crippen molar-refractivity contribution < 1.29 is 0 Å². The monoisotopic (exact) mass is 229 g/mol. The van der Waals surface area contributed by atoms with Gasteiger partial charge in [-0.05, 0) is 55.1 Å². The van der Waals surface area contributed by atoms with E-state index < -0.39 is 0 Å². The zero-order chi connectivity index (χ0) is 11.9. The van der Waals surface area contributed by atoms with E-state index in [4.69, 9.17) is 5.73 Å². The summed E-state index contributed by atoms with van der Waals surface area (Å²) in [6, 6.07) is 8.91.